The lowest BCUT2D eigenvalue weighted by molar-refractivity contribution is -0.144. The Bertz CT molecular complexity index is 527. The van der Waals surface area contributed by atoms with Gasteiger partial charge in [-0.2, -0.15) is 0 Å². The van der Waals surface area contributed by atoms with Gasteiger partial charge in [-0.1, -0.05) is 0 Å². The zero-order valence-corrected chi connectivity index (χ0v) is 11.7. The summed E-state index contributed by atoms with van der Waals surface area (Å²) in [6, 6.07) is 5.45. The molecule has 1 aromatic rings. The highest BCUT2D eigenvalue weighted by molar-refractivity contribution is 6.04. The second-order valence-corrected chi connectivity index (χ2v) is 4.71. The summed E-state index contributed by atoms with van der Waals surface area (Å²) in [7, 11) is 3.16. The number of amides is 1. The average Bonchev–Trinajstić information content (AvgIpc) is 2.48. The number of nitrogens with zero attached hydrogens (tertiary/aromatic N) is 1. The Balaban J connectivity index is 2.17. The Hall–Kier alpha value is -2.04. The Morgan fingerprint density at radius 3 is 2.70 bits per heavy atom. The van der Waals surface area contributed by atoms with Crippen molar-refractivity contribution in [3.8, 4) is 11.5 Å². The Morgan fingerprint density at radius 1 is 1.30 bits per heavy atom. The van der Waals surface area contributed by atoms with E-state index in [9.17, 15) is 9.59 Å². The van der Waals surface area contributed by atoms with Crippen LogP contribution in [-0.2, 0) is 16.1 Å². The first-order valence-electron chi connectivity index (χ1n) is 6.42. The lowest BCUT2D eigenvalue weighted by Crippen LogP contribution is -2.44. The molecule has 1 fully saturated rings. The largest absolute Gasteiger partial charge is 0.497 e. The molecule has 1 atom stereocenters. The minimum atomic E-state index is -0.784. The number of carbonyl (C=O) groups excluding carboxylic acids is 2. The normalized spacial score (nSPS) is 19.1. The Morgan fingerprint density at radius 2 is 2.05 bits per heavy atom. The monoisotopic (exact) mass is 276 g/mol. The summed E-state index contributed by atoms with van der Waals surface area (Å²) in [5, 5.41) is 0. The maximum atomic E-state index is 12.0. The average molecular weight is 276 g/mol. The molecule has 0 bridgehead atoms. The Labute approximate surface area is 118 Å². The third kappa shape index (κ3) is 2.76. The first-order chi connectivity index (χ1) is 9.56. The highest BCUT2D eigenvalue weighted by Crippen LogP contribution is 2.27. The van der Waals surface area contributed by atoms with E-state index in [4.69, 9.17) is 9.47 Å². The summed E-state index contributed by atoms with van der Waals surface area (Å²) >= 11 is 0. The van der Waals surface area contributed by atoms with E-state index < -0.39 is 5.92 Å². The van der Waals surface area contributed by atoms with Crippen molar-refractivity contribution in [1.82, 2.24) is 4.90 Å². The minimum Gasteiger partial charge on any atom is -0.497 e. The number of Topliss-reactive ketones (excluding diaryl/α,β-unsaturated/α-hetero) is 1. The van der Waals surface area contributed by atoms with Gasteiger partial charge in [0.1, 0.15) is 17.3 Å². The van der Waals surface area contributed by atoms with Crippen molar-refractivity contribution in [3.63, 3.8) is 0 Å². The molecule has 0 saturated carbocycles. The molecule has 1 saturated heterocycles. The summed E-state index contributed by atoms with van der Waals surface area (Å²) in [5.74, 6) is 0.260. The van der Waals surface area contributed by atoms with Gasteiger partial charge in [0.05, 0.1) is 20.1 Å². The van der Waals surface area contributed by atoms with Gasteiger partial charge in [0, 0.05) is 31.1 Å². The van der Waals surface area contributed by atoms with Crippen molar-refractivity contribution in [2.24, 2.45) is 5.92 Å². The number of benzene rings is 1. The minimum absolute atomic E-state index is 0.0899. The van der Waals surface area contributed by atoms with E-state index >= 15 is 0 Å². The van der Waals surface area contributed by atoms with Gasteiger partial charge in [-0.25, -0.2) is 0 Å². The van der Waals surface area contributed by atoms with Crippen molar-refractivity contribution < 1.29 is 19.1 Å². The van der Waals surface area contributed by atoms with Crippen molar-refractivity contribution in [2.75, 3.05) is 20.8 Å². The molecular weight excluding hydrogens is 258 g/mol. The third-order valence-electron chi connectivity index (χ3n) is 3.48. The lowest BCUT2D eigenvalue weighted by Gasteiger charge is -2.30. The van der Waals surface area contributed by atoms with Gasteiger partial charge >= 0.3 is 0 Å². The topological polar surface area (TPSA) is 55.8 Å². The lowest BCUT2D eigenvalue weighted by atomic mass is 9.97. The number of hydrogen-bond acceptors (Lipinski definition) is 4. The van der Waals surface area contributed by atoms with Gasteiger partial charge in [0.25, 0.3) is 0 Å². The molecule has 0 aromatic heterocycles. The summed E-state index contributed by atoms with van der Waals surface area (Å²) in [4.78, 5) is 25.1. The van der Waals surface area contributed by atoms with E-state index in [1.54, 1.807) is 25.2 Å². The Kier molecular flexibility index (Phi) is 4.27. The van der Waals surface area contributed by atoms with Crippen LogP contribution in [0, 0.1) is 12.8 Å². The van der Waals surface area contributed by atoms with Crippen molar-refractivity contribution >= 4 is 11.7 Å². The second-order valence-electron chi connectivity index (χ2n) is 4.71. The van der Waals surface area contributed by atoms with Crippen LogP contribution in [0.25, 0.3) is 0 Å². The van der Waals surface area contributed by atoms with Crippen LogP contribution in [0.1, 0.15) is 12.0 Å². The number of carbonyl (C=O) groups is 2. The maximum absolute atomic E-state index is 12.0. The molecule has 1 radical (unpaired) electrons. The van der Waals surface area contributed by atoms with Gasteiger partial charge in [0.15, 0.2) is 0 Å². The number of ether oxygens (including phenoxy) is 2. The molecule has 0 aliphatic carbocycles. The molecule has 107 valence electrons. The van der Waals surface area contributed by atoms with Crippen LogP contribution in [0.15, 0.2) is 18.2 Å². The van der Waals surface area contributed by atoms with Gasteiger partial charge in [-0.15, -0.1) is 0 Å². The van der Waals surface area contributed by atoms with Crippen LogP contribution < -0.4 is 9.47 Å². The van der Waals surface area contributed by atoms with Gasteiger partial charge < -0.3 is 14.4 Å². The number of piperidine rings is 1. The molecule has 0 spiro atoms. The van der Waals surface area contributed by atoms with Crippen LogP contribution in [-0.4, -0.2) is 37.4 Å². The zero-order valence-electron chi connectivity index (χ0n) is 11.7. The predicted octanol–water partition coefficient (Wildman–Crippen LogP) is 1.46. The number of rotatable bonds is 4. The fourth-order valence-corrected chi connectivity index (χ4v) is 2.23. The van der Waals surface area contributed by atoms with E-state index in [1.165, 1.54) is 0 Å². The van der Waals surface area contributed by atoms with Crippen LogP contribution in [0.3, 0.4) is 0 Å². The summed E-state index contributed by atoms with van der Waals surface area (Å²) in [5.41, 5.74) is 0.878. The van der Waals surface area contributed by atoms with Crippen LogP contribution in [0.4, 0.5) is 0 Å². The molecule has 1 aliphatic rings. The molecule has 1 unspecified atom stereocenters. The molecule has 1 amide bonds. The van der Waals surface area contributed by atoms with E-state index in [0.717, 1.165) is 5.56 Å². The van der Waals surface area contributed by atoms with E-state index in [2.05, 4.69) is 6.92 Å². The number of hydrogen-bond donors (Lipinski definition) is 0. The molecule has 5 nitrogen and oxygen atoms in total. The number of likely N-dealkylation sites (tertiary alicyclic amines) is 1. The van der Waals surface area contributed by atoms with Crippen LogP contribution in [0.2, 0.25) is 0 Å². The standard InChI is InChI=1S/C15H18NO4/c1-10-13(17)6-7-16(15(10)18)9-11-4-5-12(19-2)8-14(11)20-3/h4-5,8,10H,1,6-7,9H2,2-3H3. The molecule has 2 rings (SSSR count). The highest BCUT2D eigenvalue weighted by atomic mass is 16.5. The SMILES string of the molecule is [CH2]C1C(=O)CCN(Cc2ccc(OC)cc2OC)C1=O. The molecular formula is C15H18NO4. The molecule has 0 N–H and O–H groups in total. The molecule has 1 heterocycles. The van der Waals surface area contributed by atoms with E-state index in [0.29, 0.717) is 31.0 Å². The van der Waals surface area contributed by atoms with Crippen molar-refractivity contribution in [3.05, 3.63) is 30.7 Å². The smallest absolute Gasteiger partial charge is 0.233 e. The van der Waals surface area contributed by atoms with Crippen molar-refractivity contribution in [2.45, 2.75) is 13.0 Å². The van der Waals surface area contributed by atoms with Crippen molar-refractivity contribution in [1.29, 1.82) is 0 Å². The summed E-state index contributed by atoms with van der Waals surface area (Å²) < 4.78 is 10.5. The quantitative estimate of drug-likeness (QED) is 0.781. The summed E-state index contributed by atoms with van der Waals surface area (Å²) in [6.07, 6.45) is 0.360. The summed E-state index contributed by atoms with van der Waals surface area (Å²) in [6.45, 7) is 4.47. The molecule has 1 aromatic carbocycles. The first kappa shape index (κ1) is 14.4. The number of ketones is 1. The second kappa shape index (κ2) is 5.94. The van der Waals surface area contributed by atoms with E-state index in [1.807, 2.05) is 12.1 Å². The fourth-order valence-electron chi connectivity index (χ4n) is 2.23. The van der Waals surface area contributed by atoms with Crippen LogP contribution >= 0.6 is 0 Å². The predicted molar refractivity (Wildman–Crippen MR) is 73.4 cm³/mol. The van der Waals surface area contributed by atoms with Crippen LogP contribution in [0.5, 0.6) is 11.5 Å². The molecule has 1 aliphatic heterocycles. The molecule has 20 heavy (non-hydrogen) atoms. The first-order valence-corrected chi connectivity index (χ1v) is 6.42. The fraction of sp³-hybridized carbons (Fsp3) is 0.400. The highest BCUT2D eigenvalue weighted by Gasteiger charge is 2.31. The number of methoxy groups -OCH3 is 2. The third-order valence-corrected chi connectivity index (χ3v) is 3.48. The van der Waals surface area contributed by atoms with Gasteiger partial charge in [-0.3, -0.25) is 9.59 Å². The van der Waals surface area contributed by atoms with Gasteiger partial charge in [0.2, 0.25) is 5.91 Å². The van der Waals surface area contributed by atoms with Gasteiger partial charge in [-0.05, 0) is 19.1 Å². The molecule has 5 heteroatoms. The zero-order chi connectivity index (χ0) is 14.7. The maximum Gasteiger partial charge on any atom is 0.233 e. The van der Waals surface area contributed by atoms with E-state index in [-0.39, 0.29) is 11.7 Å².